The zero-order valence-corrected chi connectivity index (χ0v) is 14.9. The third kappa shape index (κ3) is 3.29. The number of hydrogen-bond donors (Lipinski definition) is 1. The van der Waals surface area contributed by atoms with Gasteiger partial charge in [-0.25, -0.2) is 4.98 Å². The molecule has 4 heterocycles. The van der Waals surface area contributed by atoms with E-state index in [1.54, 1.807) is 17.5 Å². The van der Waals surface area contributed by atoms with Crippen molar-refractivity contribution in [1.82, 2.24) is 29.5 Å². The normalized spacial score (nSPS) is 15.8. The van der Waals surface area contributed by atoms with Crippen LogP contribution in [-0.2, 0) is 20.2 Å². The highest BCUT2D eigenvalue weighted by Gasteiger charge is 2.26. The van der Waals surface area contributed by atoms with Gasteiger partial charge in [0.25, 0.3) is 0 Å². The van der Waals surface area contributed by atoms with Gasteiger partial charge in [-0.1, -0.05) is 0 Å². The molecule has 0 atom stereocenters. The molecule has 1 aliphatic heterocycles. The van der Waals surface area contributed by atoms with E-state index in [1.807, 2.05) is 29.4 Å². The molecular weight excluding hydrogens is 338 g/mol. The lowest BCUT2D eigenvalue weighted by Gasteiger charge is -2.31. The molecule has 0 spiro atoms. The molecule has 8 nitrogen and oxygen atoms in total. The van der Waals surface area contributed by atoms with Crippen LogP contribution in [0.5, 0.6) is 0 Å². The van der Waals surface area contributed by atoms with Crippen molar-refractivity contribution < 1.29 is 5.11 Å². The highest BCUT2D eigenvalue weighted by Crippen LogP contribution is 2.31. The third-order valence-electron chi connectivity index (χ3n) is 4.69. The van der Waals surface area contributed by atoms with Crippen LogP contribution in [0.15, 0.2) is 23.8 Å². The molecule has 0 unspecified atom stereocenters. The molecule has 1 saturated heterocycles. The Hall–Kier alpha value is -2.26. The highest BCUT2D eigenvalue weighted by molar-refractivity contribution is 7.13. The van der Waals surface area contributed by atoms with Crippen LogP contribution in [0.25, 0.3) is 0 Å². The molecule has 1 aliphatic rings. The van der Waals surface area contributed by atoms with Gasteiger partial charge in [-0.3, -0.25) is 4.68 Å². The van der Waals surface area contributed by atoms with E-state index in [0.717, 1.165) is 48.4 Å². The van der Waals surface area contributed by atoms with Gasteiger partial charge in [-0.05, 0) is 18.9 Å². The lowest BCUT2D eigenvalue weighted by Crippen LogP contribution is -2.33. The highest BCUT2D eigenvalue weighted by atomic mass is 32.1. The molecule has 0 bridgehead atoms. The Morgan fingerprint density at radius 2 is 2.12 bits per heavy atom. The second kappa shape index (κ2) is 6.93. The standard InChI is InChI=1S/C16H21N7OS/c1-21-14(9-23-6-2-5-17-23)19-20-15(21)12-3-7-22(8-4-12)16-18-13(10-24)11-25-16/h2,5-6,11-12,24H,3-4,7-10H2,1H3. The summed E-state index contributed by atoms with van der Waals surface area (Å²) < 4.78 is 3.97. The molecule has 0 radical (unpaired) electrons. The molecule has 1 N–H and O–H groups in total. The van der Waals surface area contributed by atoms with E-state index in [1.165, 1.54) is 0 Å². The minimum Gasteiger partial charge on any atom is -0.390 e. The Balaban J connectivity index is 1.41. The first-order valence-electron chi connectivity index (χ1n) is 8.40. The second-order valence-corrected chi connectivity index (χ2v) is 7.11. The summed E-state index contributed by atoms with van der Waals surface area (Å²) in [5.41, 5.74) is 0.749. The van der Waals surface area contributed by atoms with E-state index >= 15 is 0 Å². The third-order valence-corrected chi connectivity index (χ3v) is 5.64. The van der Waals surface area contributed by atoms with Gasteiger partial charge in [0.1, 0.15) is 12.4 Å². The lowest BCUT2D eigenvalue weighted by atomic mass is 9.96. The van der Waals surface area contributed by atoms with Gasteiger partial charge in [0.15, 0.2) is 11.0 Å². The van der Waals surface area contributed by atoms with Gasteiger partial charge in [0, 0.05) is 43.8 Å². The average Bonchev–Trinajstić information content (AvgIpc) is 3.38. The lowest BCUT2D eigenvalue weighted by molar-refractivity contribution is 0.277. The Morgan fingerprint density at radius 3 is 2.80 bits per heavy atom. The number of aliphatic hydroxyl groups is 1. The van der Waals surface area contributed by atoms with Crippen LogP contribution in [0, 0.1) is 0 Å². The van der Waals surface area contributed by atoms with Crippen molar-refractivity contribution in [1.29, 1.82) is 0 Å². The van der Waals surface area contributed by atoms with E-state index < -0.39 is 0 Å². The summed E-state index contributed by atoms with van der Waals surface area (Å²) in [7, 11) is 2.04. The Labute approximate surface area is 149 Å². The molecule has 132 valence electrons. The van der Waals surface area contributed by atoms with Crippen molar-refractivity contribution in [3.05, 3.63) is 41.2 Å². The van der Waals surface area contributed by atoms with Crippen molar-refractivity contribution in [2.24, 2.45) is 7.05 Å². The van der Waals surface area contributed by atoms with Crippen LogP contribution in [0.3, 0.4) is 0 Å². The molecule has 0 aromatic carbocycles. The van der Waals surface area contributed by atoms with Gasteiger partial charge >= 0.3 is 0 Å². The van der Waals surface area contributed by atoms with Gasteiger partial charge in [-0.2, -0.15) is 5.10 Å². The maximum absolute atomic E-state index is 9.17. The number of nitrogens with zero attached hydrogens (tertiary/aromatic N) is 7. The summed E-state index contributed by atoms with van der Waals surface area (Å²) in [6.45, 7) is 2.54. The average molecular weight is 359 g/mol. The zero-order chi connectivity index (χ0) is 17.2. The van der Waals surface area contributed by atoms with Crippen molar-refractivity contribution in [3.8, 4) is 0 Å². The molecule has 3 aromatic rings. The predicted molar refractivity (Wildman–Crippen MR) is 94.6 cm³/mol. The summed E-state index contributed by atoms with van der Waals surface area (Å²) in [5.74, 6) is 2.39. The number of hydrogen-bond acceptors (Lipinski definition) is 7. The molecule has 4 rings (SSSR count). The van der Waals surface area contributed by atoms with Crippen LogP contribution in [-0.4, -0.2) is 47.7 Å². The smallest absolute Gasteiger partial charge is 0.185 e. The van der Waals surface area contributed by atoms with Gasteiger partial charge in [-0.15, -0.1) is 21.5 Å². The molecular formula is C16H21N7OS. The quantitative estimate of drug-likeness (QED) is 0.741. The van der Waals surface area contributed by atoms with Crippen LogP contribution in [0.4, 0.5) is 5.13 Å². The fraction of sp³-hybridized carbons (Fsp3) is 0.500. The van der Waals surface area contributed by atoms with Crippen molar-refractivity contribution in [2.45, 2.75) is 31.9 Å². The van der Waals surface area contributed by atoms with E-state index in [-0.39, 0.29) is 6.61 Å². The van der Waals surface area contributed by atoms with Crippen LogP contribution in [0.2, 0.25) is 0 Å². The first-order valence-corrected chi connectivity index (χ1v) is 9.28. The van der Waals surface area contributed by atoms with Crippen LogP contribution >= 0.6 is 11.3 Å². The van der Waals surface area contributed by atoms with E-state index in [4.69, 9.17) is 5.11 Å². The topological polar surface area (TPSA) is 84.9 Å². The number of thiazole rings is 1. The van der Waals surface area contributed by atoms with Gasteiger partial charge < -0.3 is 14.6 Å². The summed E-state index contributed by atoms with van der Waals surface area (Å²) >= 11 is 1.60. The first-order chi connectivity index (χ1) is 12.2. The molecule has 25 heavy (non-hydrogen) atoms. The fourth-order valence-corrected chi connectivity index (χ4v) is 4.12. The number of aliphatic hydroxyl groups excluding tert-OH is 1. The van der Waals surface area contributed by atoms with Gasteiger partial charge in [0.05, 0.1) is 12.3 Å². The minimum absolute atomic E-state index is 0.00489. The summed E-state index contributed by atoms with van der Waals surface area (Å²) in [5, 5.41) is 25.1. The maximum atomic E-state index is 9.17. The van der Waals surface area contributed by atoms with Crippen molar-refractivity contribution >= 4 is 16.5 Å². The molecule has 9 heteroatoms. The Bertz CT molecular complexity index is 818. The second-order valence-electron chi connectivity index (χ2n) is 6.28. The van der Waals surface area contributed by atoms with Crippen molar-refractivity contribution in [2.75, 3.05) is 18.0 Å². The molecule has 3 aromatic heterocycles. The zero-order valence-electron chi connectivity index (χ0n) is 14.1. The number of anilines is 1. The largest absolute Gasteiger partial charge is 0.390 e. The minimum atomic E-state index is 0.00489. The van der Waals surface area contributed by atoms with E-state index in [9.17, 15) is 0 Å². The molecule has 0 aliphatic carbocycles. The number of rotatable bonds is 5. The maximum Gasteiger partial charge on any atom is 0.185 e. The summed E-state index contributed by atoms with van der Waals surface area (Å²) in [6.07, 6.45) is 5.76. The number of aromatic nitrogens is 6. The SMILES string of the molecule is Cn1c(Cn2cccn2)nnc1C1CCN(c2nc(CO)cs2)CC1. The van der Waals surface area contributed by atoms with E-state index in [2.05, 4.69) is 29.7 Å². The Kier molecular flexibility index (Phi) is 4.50. The van der Waals surface area contributed by atoms with Gasteiger partial charge in [0.2, 0.25) is 0 Å². The fourth-order valence-electron chi connectivity index (χ4n) is 3.25. The summed E-state index contributed by atoms with van der Waals surface area (Å²) in [4.78, 5) is 6.76. The monoisotopic (exact) mass is 359 g/mol. The van der Waals surface area contributed by atoms with Crippen LogP contribution < -0.4 is 4.90 Å². The summed E-state index contributed by atoms with van der Waals surface area (Å²) in [6, 6.07) is 1.91. The first kappa shape index (κ1) is 16.2. The molecule has 1 fully saturated rings. The predicted octanol–water partition coefficient (Wildman–Crippen LogP) is 1.39. The Morgan fingerprint density at radius 1 is 1.28 bits per heavy atom. The number of piperidine rings is 1. The van der Waals surface area contributed by atoms with Crippen LogP contribution in [0.1, 0.15) is 36.1 Å². The van der Waals surface area contributed by atoms with Crippen molar-refractivity contribution in [3.63, 3.8) is 0 Å². The van der Waals surface area contributed by atoms with E-state index in [0.29, 0.717) is 12.5 Å². The molecule has 0 saturated carbocycles. The molecule has 0 amide bonds.